The minimum absolute atomic E-state index is 0.0236. The van der Waals surface area contributed by atoms with Crippen LogP contribution < -0.4 is 10.4 Å². The van der Waals surface area contributed by atoms with Gasteiger partial charge < -0.3 is 4.90 Å². The highest BCUT2D eigenvalue weighted by atomic mass is 16.6. The first kappa shape index (κ1) is 14.5. The second-order valence-electron chi connectivity index (χ2n) is 4.99. The van der Waals surface area contributed by atoms with E-state index in [0.717, 1.165) is 18.5 Å². The molecule has 1 fully saturated rings. The maximum Gasteiger partial charge on any atom is 0.248 e. The van der Waals surface area contributed by atoms with E-state index in [-0.39, 0.29) is 24.2 Å². The molecule has 5 heteroatoms. The van der Waals surface area contributed by atoms with Gasteiger partial charge in [0.15, 0.2) is 0 Å². The topological polar surface area (TPSA) is 58.6 Å². The summed E-state index contributed by atoms with van der Waals surface area (Å²) in [4.78, 5) is 30.0. The first-order chi connectivity index (χ1) is 9.65. The van der Waals surface area contributed by atoms with Crippen molar-refractivity contribution in [2.75, 3.05) is 18.6 Å². The molecule has 0 saturated carbocycles. The number of rotatable bonds is 5. The lowest BCUT2D eigenvalue weighted by atomic mass is 10.1. The van der Waals surface area contributed by atoms with Crippen molar-refractivity contribution >= 4 is 17.5 Å². The van der Waals surface area contributed by atoms with E-state index in [1.165, 1.54) is 12.7 Å². The Morgan fingerprint density at radius 2 is 2.10 bits per heavy atom. The van der Waals surface area contributed by atoms with Gasteiger partial charge in [-0.2, -0.15) is 0 Å². The highest BCUT2D eigenvalue weighted by Gasteiger charge is 2.35. The molecule has 1 aliphatic rings. The van der Waals surface area contributed by atoms with Crippen molar-refractivity contribution in [1.82, 2.24) is 5.48 Å². The van der Waals surface area contributed by atoms with E-state index in [0.29, 0.717) is 6.54 Å². The zero-order chi connectivity index (χ0) is 14.5. The Balaban J connectivity index is 2.05. The fourth-order valence-corrected chi connectivity index (χ4v) is 2.45. The number of nitrogens with one attached hydrogen (secondary N) is 1. The third-order valence-electron chi connectivity index (χ3n) is 3.49. The van der Waals surface area contributed by atoms with Gasteiger partial charge in [0.2, 0.25) is 11.8 Å². The van der Waals surface area contributed by atoms with Crippen LogP contribution in [-0.2, 0) is 20.8 Å². The molecule has 0 spiro atoms. The van der Waals surface area contributed by atoms with E-state index in [2.05, 4.69) is 17.2 Å². The quantitative estimate of drug-likeness (QED) is 0.832. The molecule has 1 N–H and O–H groups in total. The lowest BCUT2D eigenvalue weighted by Crippen LogP contribution is -2.32. The minimum Gasteiger partial charge on any atom is -0.312 e. The number of amides is 2. The van der Waals surface area contributed by atoms with Gasteiger partial charge in [-0.25, -0.2) is 5.48 Å². The average molecular weight is 276 g/mol. The highest BCUT2D eigenvalue weighted by molar-refractivity contribution is 6.00. The standard InChI is InChI=1S/C15H20N2O3/c1-3-4-11-5-7-13(8-6-11)17-10-12(9-14(17)18)15(19)16-20-2/h5-8,12H,3-4,9-10H2,1-2H3,(H,16,19)/t12-/m0/s1. The molecule has 1 aromatic carbocycles. The Morgan fingerprint density at radius 3 is 2.70 bits per heavy atom. The van der Waals surface area contributed by atoms with Crippen molar-refractivity contribution < 1.29 is 14.4 Å². The summed E-state index contributed by atoms with van der Waals surface area (Å²) in [6.45, 7) is 2.54. The van der Waals surface area contributed by atoms with E-state index in [1.54, 1.807) is 4.90 Å². The molecule has 108 valence electrons. The zero-order valence-corrected chi connectivity index (χ0v) is 11.9. The summed E-state index contributed by atoms with van der Waals surface area (Å²) in [5.74, 6) is -0.617. The van der Waals surface area contributed by atoms with Gasteiger partial charge in [0, 0.05) is 18.7 Å². The van der Waals surface area contributed by atoms with E-state index in [4.69, 9.17) is 0 Å². The fraction of sp³-hybridized carbons (Fsp3) is 0.467. The van der Waals surface area contributed by atoms with E-state index < -0.39 is 0 Å². The molecule has 1 atom stereocenters. The molecule has 0 aromatic heterocycles. The van der Waals surface area contributed by atoms with Crippen LogP contribution in [0.25, 0.3) is 0 Å². The average Bonchev–Trinajstić information content (AvgIpc) is 2.83. The van der Waals surface area contributed by atoms with Crippen LogP contribution in [0.15, 0.2) is 24.3 Å². The van der Waals surface area contributed by atoms with E-state index in [9.17, 15) is 9.59 Å². The van der Waals surface area contributed by atoms with Gasteiger partial charge >= 0.3 is 0 Å². The number of carbonyl (C=O) groups is 2. The second kappa shape index (κ2) is 6.52. The van der Waals surface area contributed by atoms with Crippen LogP contribution in [0, 0.1) is 5.92 Å². The molecule has 2 amide bonds. The van der Waals surface area contributed by atoms with Gasteiger partial charge in [0.05, 0.1) is 13.0 Å². The number of aryl methyl sites for hydroxylation is 1. The molecule has 0 radical (unpaired) electrons. The van der Waals surface area contributed by atoms with Gasteiger partial charge in [-0.3, -0.25) is 14.4 Å². The van der Waals surface area contributed by atoms with Gasteiger partial charge in [-0.1, -0.05) is 25.5 Å². The Hall–Kier alpha value is -1.88. The molecule has 0 unspecified atom stereocenters. The predicted molar refractivity (Wildman–Crippen MR) is 76.0 cm³/mol. The molecule has 20 heavy (non-hydrogen) atoms. The van der Waals surface area contributed by atoms with Crippen LogP contribution in [0.5, 0.6) is 0 Å². The van der Waals surface area contributed by atoms with Crippen LogP contribution >= 0.6 is 0 Å². The lowest BCUT2D eigenvalue weighted by molar-refractivity contribution is -0.135. The summed E-state index contributed by atoms with van der Waals surface area (Å²) in [6.07, 6.45) is 2.36. The fourth-order valence-electron chi connectivity index (χ4n) is 2.45. The Kier molecular flexibility index (Phi) is 4.74. The largest absolute Gasteiger partial charge is 0.312 e. The first-order valence-electron chi connectivity index (χ1n) is 6.87. The molecular formula is C15H20N2O3. The van der Waals surface area contributed by atoms with Gasteiger partial charge in [0.25, 0.3) is 0 Å². The predicted octanol–water partition coefficient (Wildman–Crippen LogP) is 1.67. The van der Waals surface area contributed by atoms with Crippen LogP contribution in [0.2, 0.25) is 0 Å². The Labute approximate surface area is 118 Å². The minimum atomic E-state index is -0.349. The molecule has 1 saturated heterocycles. The molecule has 1 heterocycles. The normalized spacial score (nSPS) is 18.4. The highest BCUT2D eigenvalue weighted by Crippen LogP contribution is 2.25. The number of carbonyl (C=O) groups excluding carboxylic acids is 2. The summed E-state index contributed by atoms with van der Waals surface area (Å²) in [6, 6.07) is 7.96. The van der Waals surface area contributed by atoms with Crippen molar-refractivity contribution in [2.45, 2.75) is 26.2 Å². The van der Waals surface area contributed by atoms with E-state index in [1.807, 2.05) is 24.3 Å². The number of anilines is 1. The summed E-state index contributed by atoms with van der Waals surface area (Å²) in [5, 5.41) is 0. The summed E-state index contributed by atoms with van der Waals surface area (Å²) in [7, 11) is 1.39. The van der Waals surface area contributed by atoms with Gasteiger partial charge in [-0.05, 0) is 24.1 Å². The van der Waals surface area contributed by atoms with Crippen LogP contribution in [-0.4, -0.2) is 25.5 Å². The molecule has 0 aliphatic carbocycles. The van der Waals surface area contributed by atoms with Crippen LogP contribution in [0.4, 0.5) is 5.69 Å². The third kappa shape index (κ3) is 3.17. The van der Waals surface area contributed by atoms with Crippen LogP contribution in [0.3, 0.4) is 0 Å². The van der Waals surface area contributed by atoms with Crippen molar-refractivity contribution in [1.29, 1.82) is 0 Å². The lowest BCUT2D eigenvalue weighted by Gasteiger charge is -2.17. The summed E-state index contributed by atoms with van der Waals surface area (Å²) >= 11 is 0. The smallest absolute Gasteiger partial charge is 0.248 e. The maximum atomic E-state index is 12.0. The van der Waals surface area contributed by atoms with E-state index >= 15 is 0 Å². The molecule has 2 rings (SSSR count). The molecular weight excluding hydrogens is 256 g/mol. The number of hydrogen-bond acceptors (Lipinski definition) is 3. The Bertz CT molecular complexity index is 484. The number of hydroxylamine groups is 1. The summed E-state index contributed by atoms with van der Waals surface area (Å²) in [5.41, 5.74) is 4.40. The van der Waals surface area contributed by atoms with Gasteiger partial charge in [0.1, 0.15) is 0 Å². The summed E-state index contributed by atoms with van der Waals surface area (Å²) < 4.78 is 0. The van der Waals surface area contributed by atoms with Gasteiger partial charge in [-0.15, -0.1) is 0 Å². The number of benzene rings is 1. The van der Waals surface area contributed by atoms with Crippen molar-refractivity contribution in [2.24, 2.45) is 5.92 Å². The van der Waals surface area contributed by atoms with Crippen molar-refractivity contribution in [3.63, 3.8) is 0 Å². The first-order valence-corrected chi connectivity index (χ1v) is 6.87. The monoisotopic (exact) mass is 276 g/mol. The van der Waals surface area contributed by atoms with Crippen LogP contribution in [0.1, 0.15) is 25.3 Å². The molecule has 1 aromatic rings. The molecule has 1 aliphatic heterocycles. The van der Waals surface area contributed by atoms with Crippen molar-refractivity contribution in [3.05, 3.63) is 29.8 Å². The SMILES string of the molecule is CCCc1ccc(N2C[C@@H](C(=O)NOC)CC2=O)cc1. The Morgan fingerprint density at radius 1 is 1.40 bits per heavy atom. The molecule has 5 nitrogen and oxygen atoms in total. The maximum absolute atomic E-state index is 12.0. The van der Waals surface area contributed by atoms with Crippen molar-refractivity contribution in [3.8, 4) is 0 Å². The number of nitrogens with zero attached hydrogens (tertiary/aromatic N) is 1. The molecule has 0 bridgehead atoms. The zero-order valence-electron chi connectivity index (χ0n) is 11.9. The second-order valence-corrected chi connectivity index (χ2v) is 4.99. The third-order valence-corrected chi connectivity index (χ3v) is 3.49. The number of hydrogen-bond donors (Lipinski definition) is 1.